The van der Waals surface area contributed by atoms with Crippen molar-refractivity contribution in [3.05, 3.63) is 32.8 Å². The number of nitrogens with zero attached hydrogens (tertiary/aromatic N) is 1. The normalized spacial score (nSPS) is 21.5. The molecule has 0 bridgehead atoms. The average molecular weight is 315 g/mol. The number of halogens is 1. The maximum Gasteiger partial charge on any atom is 0.288 e. The van der Waals surface area contributed by atoms with Crippen LogP contribution in [0.1, 0.15) is 25.8 Å². The minimum Gasteiger partial charge on any atom is -0.381 e. The second-order valence-corrected chi connectivity index (χ2v) is 7.44. The van der Waals surface area contributed by atoms with Gasteiger partial charge in [-0.1, -0.05) is 25.4 Å². The Bertz CT molecular complexity index is 534. The predicted octanol–water partition coefficient (Wildman–Crippen LogP) is 4.50. The summed E-state index contributed by atoms with van der Waals surface area (Å²) in [7, 11) is 0. The van der Waals surface area contributed by atoms with Gasteiger partial charge < -0.3 is 5.32 Å². The van der Waals surface area contributed by atoms with E-state index in [2.05, 4.69) is 19.2 Å². The molecule has 2 rings (SSSR count). The van der Waals surface area contributed by atoms with Crippen LogP contribution in [0.15, 0.2) is 12.1 Å². The van der Waals surface area contributed by atoms with Crippen LogP contribution >= 0.6 is 23.4 Å². The van der Waals surface area contributed by atoms with Gasteiger partial charge in [0.15, 0.2) is 0 Å². The van der Waals surface area contributed by atoms with Crippen LogP contribution in [0.25, 0.3) is 0 Å². The number of aryl methyl sites for hydroxylation is 1. The molecule has 1 aliphatic heterocycles. The summed E-state index contributed by atoms with van der Waals surface area (Å²) in [6.45, 7) is 6.38. The predicted molar refractivity (Wildman–Crippen MR) is 86.0 cm³/mol. The first-order valence-corrected chi connectivity index (χ1v) is 8.13. The number of benzene rings is 1. The summed E-state index contributed by atoms with van der Waals surface area (Å²) < 4.78 is 0. The Morgan fingerprint density at radius 3 is 2.80 bits per heavy atom. The topological polar surface area (TPSA) is 55.2 Å². The summed E-state index contributed by atoms with van der Waals surface area (Å²) in [5, 5.41) is 14.6. The van der Waals surface area contributed by atoms with Crippen molar-refractivity contribution in [3.8, 4) is 0 Å². The molecule has 1 heterocycles. The number of anilines is 1. The van der Waals surface area contributed by atoms with E-state index in [-0.39, 0.29) is 16.1 Å². The van der Waals surface area contributed by atoms with Crippen molar-refractivity contribution < 1.29 is 4.92 Å². The molecule has 110 valence electrons. The number of thioether (sulfide) groups is 1. The third-order valence-electron chi connectivity index (χ3n) is 3.94. The SMILES string of the molecule is Cc1cc([N+](=O)[O-])c(Cl)cc1NC1CSCCC1(C)C. The first-order chi connectivity index (χ1) is 9.31. The molecule has 1 unspecified atom stereocenters. The minimum atomic E-state index is -0.445. The molecule has 0 amide bonds. The molecule has 1 fully saturated rings. The van der Waals surface area contributed by atoms with Crippen molar-refractivity contribution in [2.45, 2.75) is 33.2 Å². The second kappa shape index (κ2) is 5.82. The van der Waals surface area contributed by atoms with Gasteiger partial charge in [-0.3, -0.25) is 10.1 Å². The molecular formula is C14H19ClN2O2S. The number of rotatable bonds is 3. The minimum absolute atomic E-state index is 0.0352. The first-order valence-electron chi connectivity index (χ1n) is 6.60. The molecule has 0 aliphatic carbocycles. The monoisotopic (exact) mass is 314 g/mol. The average Bonchev–Trinajstić information content (AvgIpc) is 2.35. The van der Waals surface area contributed by atoms with Gasteiger partial charge in [0.05, 0.1) is 4.92 Å². The van der Waals surface area contributed by atoms with Gasteiger partial charge in [0.25, 0.3) is 5.69 Å². The van der Waals surface area contributed by atoms with Crippen molar-refractivity contribution in [1.29, 1.82) is 0 Å². The van der Waals surface area contributed by atoms with Crippen LogP contribution in [0.4, 0.5) is 11.4 Å². The molecular weight excluding hydrogens is 296 g/mol. The highest BCUT2D eigenvalue weighted by Crippen LogP contribution is 2.38. The van der Waals surface area contributed by atoms with Crippen LogP contribution in [-0.4, -0.2) is 22.5 Å². The van der Waals surface area contributed by atoms with Crippen LogP contribution in [0, 0.1) is 22.5 Å². The fraction of sp³-hybridized carbons (Fsp3) is 0.571. The number of hydrogen-bond donors (Lipinski definition) is 1. The van der Waals surface area contributed by atoms with E-state index in [0.29, 0.717) is 6.04 Å². The summed E-state index contributed by atoms with van der Waals surface area (Å²) >= 11 is 7.94. The molecule has 4 nitrogen and oxygen atoms in total. The molecule has 1 aromatic carbocycles. The van der Waals surface area contributed by atoms with Gasteiger partial charge in [0.1, 0.15) is 5.02 Å². The van der Waals surface area contributed by atoms with E-state index >= 15 is 0 Å². The standard InChI is InChI=1S/C14H19ClN2O2S/c1-9-6-12(17(18)19)10(15)7-11(9)16-13-8-20-5-4-14(13,2)3/h6-7,13,16H,4-5,8H2,1-3H3. The number of nitrogens with one attached hydrogen (secondary N) is 1. The Kier molecular flexibility index (Phi) is 4.49. The highest BCUT2D eigenvalue weighted by Gasteiger charge is 2.33. The Balaban J connectivity index is 2.25. The van der Waals surface area contributed by atoms with Gasteiger partial charge in [-0.05, 0) is 36.1 Å². The molecule has 1 aliphatic rings. The van der Waals surface area contributed by atoms with Gasteiger partial charge in [-0.25, -0.2) is 0 Å². The summed E-state index contributed by atoms with van der Waals surface area (Å²) in [5.74, 6) is 2.23. The lowest BCUT2D eigenvalue weighted by Gasteiger charge is -2.39. The van der Waals surface area contributed by atoms with E-state index in [0.717, 1.165) is 23.4 Å². The van der Waals surface area contributed by atoms with Crippen molar-refractivity contribution in [2.24, 2.45) is 5.41 Å². The molecule has 0 spiro atoms. The van der Waals surface area contributed by atoms with E-state index in [1.807, 2.05) is 18.7 Å². The lowest BCUT2D eigenvalue weighted by atomic mass is 9.82. The second-order valence-electron chi connectivity index (χ2n) is 5.89. The van der Waals surface area contributed by atoms with Gasteiger partial charge in [-0.15, -0.1) is 0 Å². The number of nitro benzene ring substituents is 1. The Morgan fingerprint density at radius 2 is 2.20 bits per heavy atom. The van der Waals surface area contributed by atoms with Crippen LogP contribution in [0.5, 0.6) is 0 Å². The molecule has 0 radical (unpaired) electrons. The van der Waals surface area contributed by atoms with Crippen LogP contribution in [-0.2, 0) is 0 Å². The number of nitro groups is 1. The maximum atomic E-state index is 10.9. The first kappa shape index (κ1) is 15.4. The molecule has 20 heavy (non-hydrogen) atoms. The summed E-state index contributed by atoms with van der Waals surface area (Å²) in [5.41, 5.74) is 1.92. The smallest absolute Gasteiger partial charge is 0.288 e. The molecule has 1 atom stereocenters. The molecule has 0 saturated carbocycles. The maximum absolute atomic E-state index is 10.9. The summed E-state index contributed by atoms with van der Waals surface area (Å²) in [4.78, 5) is 10.4. The van der Waals surface area contributed by atoms with Gasteiger partial charge in [0.2, 0.25) is 0 Å². The van der Waals surface area contributed by atoms with Crippen molar-refractivity contribution >= 4 is 34.7 Å². The third kappa shape index (κ3) is 3.20. The summed E-state index contributed by atoms with van der Waals surface area (Å²) in [6.07, 6.45) is 1.16. The quantitative estimate of drug-likeness (QED) is 0.659. The van der Waals surface area contributed by atoms with Gasteiger partial charge in [-0.2, -0.15) is 11.8 Å². The number of hydrogen-bond acceptors (Lipinski definition) is 4. The van der Waals surface area contributed by atoms with Crippen molar-refractivity contribution in [2.75, 3.05) is 16.8 Å². The largest absolute Gasteiger partial charge is 0.381 e. The van der Waals surface area contributed by atoms with Gasteiger partial charge in [0, 0.05) is 23.5 Å². The third-order valence-corrected chi connectivity index (χ3v) is 5.30. The zero-order valence-electron chi connectivity index (χ0n) is 11.9. The van der Waals surface area contributed by atoms with Crippen molar-refractivity contribution in [1.82, 2.24) is 0 Å². The van der Waals surface area contributed by atoms with E-state index in [4.69, 9.17) is 11.6 Å². The Labute approximate surface area is 128 Å². The molecule has 1 aromatic rings. The van der Waals surface area contributed by atoms with E-state index in [9.17, 15) is 10.1 Å². The lowest BCUT2D eigenvalue weighted by Crippen LogP contribution is -2.41. The Hall–Kier alpha value is -0.940. The molecule has 0 aromatic heterocycles. The van der Waals surface area contributed by atoms with E-state index in [1.54, 1.807) is 6.07 Å². The van der Waals surface area contributed by atoms with Crippen LogP contribution < -0.4 is 5.32 Å². The highest BCUT2D eigenvalue weighted by molar-refractivity contribution is 7.99. The van der Waals surface area contributed by atoms with Gasteiger partial charge >= 0.3 is 0 Å². The zero-order valence-corrected chi connectivity index (χ0v) is 13.5. The molecule has 1 saturated heterocycles. The molecule has 1 N–H and O–H groups in total. The Morgan fingerprint density at radius 1 is 1.50 bits per heavy atom. The fourth-order valence-corrected chi connectivity index (χ4v) is 4.16. The highest BCUT2D eigenvalue weighted by atomic mass is 35.5. The zero-order chi connectivity index (χ0) is 14.9. The van der Waals surface area contributed by atoms with Crippen LogP contribution in [0.3, 0.4) is 0 Å². The molecule has 6 heteroatoms. The van der Waals surface area contributed by atoms with Crippen molar-refractivity contribution in [3.63, 3.8) is 0 Å². The summed E-state index contributed by atoms with van der Waals surface area (Å²) in [6, 6.07) is 3.55. The fourth-order valence-electron chi connectivity index (χ4n) is 2.32. The van der Waals surface area contributed by atoms with Crippen LogP contribution in [0.2, 0.25) is 5.02 Å². The van der Waals surface area contributed by atoms with E-state index < -0.39 is 4.92 Å². The lowest BCUT2D eigenvalue weighted by molar-refractivity contribution is -0.384. The van der Waals surface area contributed by atoms with E-state index in [1.165, 1.54) is 11.8 Å².